The molecule has 0 aromatic heterocycles. The maximum atomic E-state index is 10.8. The Morgan fingerprint density at radius 1 is 1.31 bits per heavy atom. The highest BCUT2D eigenvalue weighted by Crippen LogP contribution is 2.00. The number of aliphatic hydroxyl groups is 1. The number of carbonyl (C=O) groups excluding carboxylic acids is 1. The molecule has 0 unspecified atom stereocenters. The normalized spacial score (nSPS) is 10.0. The number of aliphatic hydroxyl groups excluding tert-OH is 1. The summed E-state index contributed by atoms with van der Waals surface area (Å²) in [7, 11) is 0. The Labute approximate surface area is 92.5 Å². The monoisotopic (exact) mass is 301 g/mol. The van der Waals surface area contributed by atoms with Crippen LogP contribution in [0, 0.1) is 0 Å². The van der Waals surface area contributed by atoms with E-state index in [0.717, 1.165) is 19.3 Å². The molecule has 2 N–H and O–H groups in total. The average molecular weight is 301 g/mol. The van der Waals surface area contributed by atoms with Crippen molar-refractivity contribution in [3.63, 3.8) is 0 Å². The van der Waals surface area contributed by atoms with Crippen LogP contribution in [-0.4, -0.2) is 30.8 Å². The van der Waals surface area contributed by atoms with E-state index in [1.165, 1.54) is 0 Å². The molecular formula is C8H16INO3. The van der Waals surface area contributed by atoms with E-state index in [1.54, 1.807) is 0 Å². The zero-order valence-electron chi connectivity index (χ0n) is 7.59. The summed E-state index contributed by atoms with van der Waals surface area (Å²) in [4.78, 5) is 10.8. The summed E-state index contributed by atoms with van der Waals surface area (Å²) in [6.07, 6.45) is 3.43. The van der Waals surface area contributed by atoms with Crippen molar-refractivity contribution in [2.45, 2.75) is 25.7 Å². The van der Waals surface area contributed by atoms with Crippen molar-refractivity contribution in [2.24, 2.45) is 0 Å². The van der Waals surface area contributed by atoms with Gasteiger partial charge in [-0.25, -0.2) is 0 Å². The first-order valence-corrected chi connectivity index (χ1v) is 5.47. The molecule has 4 nitrogen and oxygen atoms in total. The predicted octanol–water partition coefficient (Wildman–Crippen LogP) is 1.02. The first-order valence-electron chi connectivity index (χ1n) is 4.39. The summed E-state index contributed by atoms with van der Waals surface area (Å²) in [5, 5.41) is 8.39. The fourth-order valence-electron chi connectivity index (χ4n) is 0.880. The number of amides is 1. The first kappa shape index (κ1) is 13.1. The van der Waals surface area contributed by atoms with Crippen molar-refractivity contribution in [3.8, 4) is 0 Å². The second-order valence-electron chi connectivity index (χ2n) is 2.66. The highest BCUT2D eigenvalue weighted by molar-refractivity contribution is 14.1. The number of rotatable bonds is 8. The number of nitrogens with one attached hydrogen (secondary N) is 1. The standard InChI is InChI=1S/C8H16INO3/c9-10-8(12)4-2-1-3-6-13-7-5-11/h11H,1-7H2,(H,10,12). The topological polar surface area (TPSA) is 58.6 Å². The zero-order chi connectivity index (χ0) is 9.94. The lowest BCUT2D eigenvalue weighted by Crippen LogP contribution is -2.10. The maximum Gasteiger partial charge on any atom is 0.228 e. The first-order chi connectivity index (χ1) is 6.31. The summed E-state index contributed by atoms with van der Waals surface area (Å²) in [6, 6.07) is 0. The molecule has 5 heteroatoms. The predicted molar refractivity (Wildman–Crippen MR) is 58.5 cm³/mol. The Kier molecular flexibility index (Phi) is 10.3. The molecule has 0 fully saturated rings. The van der Waals surface area contributed by atoms with Crippen LogP contribution in [0.4, 0.5) is 0 Å². The molecule has 0 aliphatic carbocycles. The van der Waals surface area contributed by atoms with Gasteiger partial charge in [0, 0.05) is 13.0 Å². The third kappa shape index (κ3) is 10.0. The van der Waals surface area contributed by atoms with Gasteiger partial charge in [-0.2, -0.15) is 0 Å². The van der Waals surface area contributed by atoms with E-state index in [1.807, 2.05) is 22.9 Å². The fourth-order valence-corrected chi connectivity index (χ4v) is 1.15. The van der Waals surface area contributed by atoms with Gasteiger partial charge in [-0.3, -0.25) is 8.32 Å². The number of hydrogen-bond acceptors (Lipinski definition) is 3. The quantitative estimate of drug-likeness (QED) is 0.400. The minimum atomic E-state index is 0.0804. The van der Waals surface area contributed by atoms with Gasteiger partial charge in [0.25, 0.3) is 0 Å². The molecular weight excluding hydrogens is 285 g/mol. The summed E-state index contributed by atoms with van der Waals surface area (Å²) in [6.45, 7) is 1.16. The van der Waals surface area contributed by atoms with Crippen LogP contribution in [0.25, 0.3) is 0 Å². The fraction of sp³-hybridized carbons (Fsp3) is 0.875. The third-order valence-electron chi connectivity index (χ3n) is 1.53. The van der Waals surface area contributed by atoms with E-state index >= 15 is 0 Å². The van der Waals surface area contributed by atoms with Crippen molar-refractivity contribution in [3.05, 3.63) is 0 Å². The molecule has 0 aliphatic rings. The van der Waals surface area contributed by atoms with Crippen LogP contribution in [0.1, 0.15) is 25.7 Å². The van der Waals surface area contributed by atoms with Gasteiger partial charge in [0.05, 0.1) is 36.1 Å². The van der Waals surface area contributed by atoms with Crippen LogP contribution >= 0.6 is 22.9 Å². The van der Waals surface area contributed by atoms with Crippen LogP contribution in [0.15, 0.2) is 0 Å². The van der Waals surface area contributed by atoms with Gasteiger partial charge >= 0.3 is 0 Å². The van der Waals surface area contributed by atoms with E-state index < -0.39 is 0 Å². The van der Waals surface area contributed by atoms with Gasteiger partial charge in [-0.1, -0.05) is 6.42 Å². The molecule has 0 atom stereocenters. The number of carbonyl (C=O) groups is 1. The minimum Gasteiger partial charge on any atom is -0.394 e. The summed E-state index contributed by atoms with van der Waals surface area (Å²) in [5.74, 6) is 0.0804. The van der Waals surface area contributed by atoms with Gasteiger partial charge in [0.2, 0.25) is 5.91 Å². The molecule has 0 radical (unpaired) electrons. The Bertz CT molecular complexity index is 133. The van der Waals surface area contributed by atoms with Crippen LogP contribution in [0.5, 0.6) is 0 Å². The number of halogens is 1. The van der Waals surface area contributed by atoms with E-state index in [-0.39, 0.29) is 12.5 Å². The molecule has 0 aromatic rings. The molecule has 1 amide bonds. The van der Waals surface area contributed by atoms with Crippen molar-refractivity contribution < 1.29 is 14.6 Å². The molecule has 0 rings (SSSR count). The van der Waals surface area contributed by atoms with Gasteiger partial charge in [-0.15, -0.1) is 0 Å². The second-order valence-corrected chi connectivity index (χ2v) is 3.20. The Morgan fingerprint density at radius 2 is 2.08 bits per heavy atom. The lowest BCUT2D eigenvalue weighted by atomic mass is 10.2. The molecule has 13 heavy (non-hydrogen) atoms. The summed E-state index contributed by atoms with van der Waals surface area (Å²) in [5.41, 5.74) is 0. The van der Waals surface area contributed by atoms with Crippen molar-refractivity contribution >= 4 is 28.8 Å². The van der Waals surface area contributed by atoms with Gasteiger partial charge in [0.15, 0.2) is 0 Å². The average Bonchev–Trinajstić information content (AvgIpc) is 2.16. The largest absolute Gasteiger partial charge is 0.394 e. The Balaban J connectivity index is 2.95. The smallest absolute Gasteiger partial charge is 0.228 e. The lowest BCUT2D eigenvalue weighted by molar-refractivity contribution is -0.118. The summed E-state index contributed by atoms with van der Waals surface area (Å²) < 4.78 is 7.61. The van der Waals surface area contributed by atoms with Crippen molar-refractivity contribution in [1.82, 2.24) is 3.53 Å². The highest BCUT2D eigenvalue weighted by atomic mass is 127. The molecule has 0 heterocycles. The summed E-state index contributed by atoms with van der Waals surface area (Å²) >= 11 is 1.84. The van der Waals surface area contributed by atoms with Crippen LogP contribution in [0.2, 0.25) is 0 Å². The molecule has 78 valence electrons. The zero-order valence-corrected chi connectivity index (χ0v) is 9.75. The maximum absolute atomic E-state index is 10.8. The van der Waals surface area contributed by atoms with Gasteiger partial charge < -0.3 is 9.84 Å². The minimum absolute atomic E-state index is 0.0804. The Hall–Kier alpha value is 0.120. The molecule has 0 saturated carbocycles. The van der Waals surface area contributed by atoms with Crippen LogP contribution in [0.3, 0.4) is 0 Å². The van der Waals surface area contributed by atoms with Crippen LogP contribution in [-0.2, 0) is 9.53 Å². The lowest BCUT2D eigenvalue weighted by Gasteiger charge is -2.01. The molecule has 0 bridgehead atoms. The van der Waals surface area contributed by atoms with E-state index in [0.29, 0.717) is 19.6 Å². The molecule has 0 spiro atoms. The number of hydrogen-bond donors (Lipinski definition) is 2. The van der Waals surface area contributed by atoms with Crippen molar-refractivity contribution in [2.75, 3.05) is 19.8 Å². The number of unbranched alkanes of at least 4 members (excludes halogenated alkanes) is 2. The van der Waals surface area contributed by atoms with E-state index in [2.05, 4.69) is 3.53 Å². The Morgan fingerprint density at radius 3 is 2.69 bits per heavy atom. The SMILES string of the molecule is O=C(CCCCCOCCO)NI. The third-order valence-corrected chi connectivity index (χ3v) is 2.14. The van der Waals surface area contributed by atoms with Gasteiger partial charge in [0.1, 0.15) is 0 Å². The highest BCUT2D eigenvalue weighted by Gasteiger charge is 1.97. The molecule has 0 aliphatic heterocycles. The van der Waals surface area contributed by atoms with Crippen molar-refractivity contribution in [1.29, 1.82) is 0 Å². The second kappa shape index (κ2) is 10.2. The van der Waals surface area contributed by atoms with Gasteiger partial charge in [-0.05, 0) is 12.8 Å². The molecule has 0 aromatic carbocycles. The van der Waals surface area contributed by atoms with E-state index in [4.69, 9.17) is 9.84 Å². The van der Waals surface area contributed by atoms with E-state index in [9.17, 15) is 4.79 Å². The molecule has 0 saturated heterocycles. The number of ether oxygens (including phenoxy) is 1. The van der Waals surface area contributed by atoms with Crippen LogP contribution < -0.4 is 3.53 Å².